The molecule has 112 valence electrons. The topological polar surface area (TPSA) is 66.5 Å². The molecule has 1 aromatic carbocycles. The minimum Gasteiger partial charge on any atom is -0.391 e. The van der Waals surface area contributed by atoms with Crippen molar-refractivity contribution in [1.29, 1.82) is 0 Å². The van der Waals surface area contributed by atoms with Crippen LogP contribution in [0.1, 0.15) is 49.7 Å². The Morgan fingerprint density at radius 2 is 1.85 bits per heavy atom. The first-order chi connectivity index (χ1) is 9.61. The molecule has 2 rings (SSSR count). The monoisotopic (exact) mass is 277 g/mol. The lowest BCUT2D eigenvalue weighted by molar-refractivity contribution is -0.00342. The van der Waals surface area contributed by atoms with Crippen LogP contribution in [0.25, 0.3) is 0 Å². The minimum absolute atomic E-state index is 0.296. The van der Waals surface area contributed by atoms with Crippen molar-refractivity contribution in [2.75, 3.05) is 6.54 Å². The maximum atomic E-state index is 10.5. The summed E-state index contributed by atoms with van der Waals surface area (Å²) in [6.07, 6.45) is 7.34. The Balaban J connectivity index is 1.90. The Labute approximate surface area is 121 Å². The van der Waals surface area contributed by atoms with Gasteiger partial charge in [0, 0.05) is 6.54 Å². The molecule has 20 heavy (non-hydrogen) atoms. The second kappa shape index (κ2) is 7.21. The zero-order chi connectivity index (χ0) is 14.4. The molecule has 3 nitrogen and oxygen atoms in total. The van der Waals surface area contributed by atoms with Gasteiger partial charge in [0.15, 0.2) is 0 Å². The quantitative estimate of drug-likeness (QED) is 0.746. The van der Waals surface area contributed by atoms with Gasteiger partial charge in [-0.05, 0) is 43.2 Å². The van der Waals surface area contributed by atoms with Crippen LogP contribution in [0.15, 0.2) is 24.3 Å². The number of aliphatic hydroxyl groups excluding tert-OH is 1. The SMILES string of the molecule is NCC(O)Cc1cccc(CCC2(O)CCCCC2)c1. The third-order valence-electron chi connectivity index (χ3n) is 4.40. The van der Waals surface area contributed by atoms with E-state index < -0.39 is 11.7 Å². The van der Waals surface area contributed by atoms with Crippen LogP contribution in [0.2, 0.25) is 0 Å². The summed E-state index contributed by atoms with van der Waals surface area (Å²) in [6.45, 7) is 0.296. The second-order valence-corrected chi connectivity index (χ2v) is 6.20. The molecule has 1 aliphatic rings. The highest BCUT2D eigenvalue weighted by atomic mass is 16.3. The molecular formula is C17H27NO2. The highest BCUT2D eigenvalue weighted by Gasteiger charge is 2.28. The van der Waals surface area contributed by atoms with Gasteiger partial charge < -0.3 is 15.9 Å². The average molecular weight is 277 g/mol. The van der Waals surface area contributed by atoms with Crippen molar-refractivity contribution in [1.82, 2.24) is 0 Å². The van der Waals surface area contributed by atoms with Gasteiger partial charge in [0.1, 0.15) is 0 Å². The molecule has 0 aromatic heterocycles. The number of nitrogens with two attached hydrogens (primary N) is 1. The zero-order valence-electron chi connectivity index (χ0n) is 12.2. The van der Waals surface area contributed by atoms with Gasteiger partial charge in [-0.2, -0.15) is 0 Å². The van der Waals surface area contributed by atoms with Gasteiger partial charge in [0.05, 0.1) is 11.7 Å². The molecule has 4 N–H and O–H groups in total. The zero-order valence-corrected chi connectivity index (χ0v) is 12.2. The summed E-state index contributed by atoms with van der Waals surface area (Å²) in [5, 5.41) is 20.1. The molecule has 0 aliphatic heterocycles. The molecule has 3 heteroatoms. The molecule has 0 amide bonds. The van der Waals surface area contributed by atoms with Crippen LogP contribution in [0.4, 0.5) is 0 Å². The van der Waals surface area contributed by atoms with Crippen LogP contribution in [-0.4, -0.2) is 28.5 Å². The minimum atomic E-state index is -0.465. The highest BCUT2D eigenvalue weighted by molar-refractivity contribution is 5.24. The first-order valence-corrected chi connectivity index (χ1v) is 7.80. The lowest BCUT2D eigenvalue weighted by Gasteiger charge is -2.32. The summed E-state index contributed by atoms with van der Waals surface area (Å²) in [5.41, 5.74) is 7.36. The molecule has 1 aromatic rings. The van der Waals surface area contributed by atoms with Gasteiger partial charge >= 0.3 is 0 Å². The van der Waals surface area contributed by atoms with Crippen LogP contribution in [0.5, 0.6) is 0 Å². The summed E-state index contributed by atoms with van der Waals surface area (Å²) < 4.78 is 0. The first-order valence-electron chi connectivity index (χ1n) is 7.80. The Morgan fingerprint density at radius 1 is 1.15 bits per heavy atom. The van der Waals surface area contributed by atoms with Crippen molar-refractivity contribution in [2.45, 2.75) is 63.1 Å². The summed E-state index contributed by atoms with van der Waals surface area (Å²) in [5.74, 6) is 0. The van der Waals surface area contributed by atoms with Crippen molar-refractivity contribution in [3.63, 3.8) is 0 Å². The highest BCUT2D eigenvalue weighted by Crippen LogP contribution is 2.31. The molecule has 1 aliphatic carbocycles. The number of rotatable bonds is 6. The molecule has 1 saturated carbocycles. The number of hydrogen-bond acceptors (Lipinski definition) is 3. The molecule has 1 fully saturated rings. The van der Waals surface area contributed by atoms with E-state index >= 15 is 0 Å². The number of hydrogen-bond donors (Lipinski definition) is 3. The van der Waals surface area contributed by atoms with E-state index in [4.69, 9.17) is 5.73 Å². The van der Waals surface area contributed by atoms with Gasteiger partial charge in [0.25, 0.3) is 0 Å². The van der Waals surface area contributed by atoms with Crippen molar-refractivity contribution in [3.05, 3.63) is 35.4 Å². The lowest BCUT2D eigenvalue weighted by Crippen LogP contribution is -2.31. The Morgan fingerprint density at radius 3 is 2.55 bits per heavy atom. The van der Waals surface area contributed by atoms with Crippen molar-refractivity contribution in [3.8, 4) is 0 Å². The number of aryl methyl sites for hydroxylation is 1. The summed E-state index contributed by atoms with van der Waals surface area (Å²) in [4.78, 5) is 0. The van der Waals surface area contributed by atoms with E-state index in [9.17, 15) is 10.2 Å². The Kier molecular flexibility index (Phi) is 5.58. The molecular weight excluding hydrogens is 250 g/mol. The van der Waals surface area contributed by atoms with Gasteiger partial charge in [-0.1, -0.05) is 43.5 Å². The van der Waals surface area contributed by atoms with E-state index in [-0.39, 0.29) is 0 Å². The van der Waals surface area contributed by atoms with Crippen molar-refractivity contribution in [2.24, 2.45) is 5.73 Å². The van der Waals surface area contributed by atoms with E-state index in [1.54, 1.807) is 0 Å². The lowest BCUT2D eigenvalue weighted by atomic mass is 9.81. The van der Waals surface area contributed by atoms with E-state index in [2.05, 4.69) is 12.1 Å². The summed E-state index contributed by atoms with van der Waals surface area (Å²) >= 11 is 0. The number of aliphatic hydroxyl groups is 2. The fraction of sp³-hybridized carbons (Fsp3) is 0.647. The van der Waals surface area contributed by atoms with E-state index in [1.165, 1.54) is 12.0 Å². The molecule has 0 heterocycles. The normalized spacial score (nSPS) is 19.8. The molecule has 0 bridgehead atoms. The third-order valence-corrected chi connectivity index (χ3v) is 4.40. The predicted octanol–water partition coefficient (Wildman–Crippen LogP) is 2.18. The van der Waals surface area contributed by atoms with Gasteiger partial charge in [-0.15, -0.1) is 0 Å². The van der Waals surface area contributed by atoms with Crippen LogP contribution >= 0.6 is 0 Å². The number of benzene rings is 1. The molecule has 1 atom stereocenters. The second-order valence-electron chi connectivity index (χ2n) is 6.20. The van der Waals surface area contributed by atoms with Crippen LogP contribution in [0, 0.1) is 0 Å². The van der Waals surface area contributed by atoms with Crippen molar-refractivity contribution >= 4 is 0 Å². The maximum Gasteiger partial charge on any atom is 0.0702 e. The fourth-order valence-electron chi connectivity index (χ4n) is 3.10. The molecule has 0 radical (unpaired) electrons. The smallest absolute Gasteiger partial charge is 0.0702 e. The van der Waals surface area contributed by atoms with Crippen LogP contribution in [0.3, 0.4) is 0 Å². The van der Waals surface area contributed by atoms with Gasteiger partial charge in [-0.25, -0.2) is 0 Å². The molecule has 1 unspecified atom stereocenters. The van der Waals surface area contributed by atoms with E-state index in [1.807, 2.05) is 12.1 Å². The van der Waals surface area contributed by atoms with Crippen LogP contribution in [-0.2, 0) is 12.8 Å². The molecule has 0 spiro atoms. The summed E-state index contributed by atoms with van der Waals surface area (Å²) in [7, 11) is 0. The molecule has 0 saturated heterocycles. The van der Waals surface area contributed by atoms with Crippen molar-refractivity contribution < 1.29 is 10.2 Å². The first kappa shape index (κ1) is 15.5. The van der Waals surface area contributed by atoms with Crippen LogP contribution < -0.4 is 5.73 Å². The van der Waals surface area contributed by atoms with Gasteiger partial charge in [-0.3, -0.25) is 0 Å². The van der Waals surface area contributed by atoms with E-state index in [0.717, 1.165) is 44.1 Å². The standard InChI is InChI=1S/C17H27NO2/c18-13-16(19)12-15-6-4-5-14(11-15)7-10-17(20)8-2-1-3-9-17/h4-6,11,16,19-20H,1-3,7-10,12-13,18H2. The summed E-state index contributed by atoms with van der Waals surface area (Å²) in [6, 6.07) is 8.28. The average Bonchev–Trinajstić information content (AvgIpc) is 2.46. The fourth-order valence-corrected chi connectivity index (χ4v) is 3.10. The Bertz CT molecular complexity index is 413. The maximum absolute atomic E-state index is 10.5. The predicted molar refractivity (Wildman–Crippen MR) is 81.6 cm³/mol. The van der Waals surface area contributed by atoms with Gasteiger partial charge in [0.2, 0.25) is 0 Å². The van der Waals surface area contributed by atoms with E-state index in [0.29, 0.717) is 13.0 Å². The third kappa shape index (κ3) is 4.58. The Hall–Kier alpha value is -0.900. The largest absolute Gasteiger partial charge is 0.391 e.